The fourth-order valence-electron chi connectivity index (χ4n) is 6.91. The van der Waals surface area contributed by atoms with E-state index < -0.39 is 20.0 Å². The number of hydrogen-bond acceptors (Lipinski definition) is 6. The van der Waals surface area contributed by atoms with Crippen LogP contribution in [0.3, 0.4) is 0 Å². The Bertz CT molecular complexity index is 1440. The molecule has 9 heteroatoms. The van der Waals surface area contributed by atoms with E-state index in [2.05, 4.69) is 129 Å². The van der Waals surface area contributed by atoms with E-state index >= 15 is 0 Å². The van der Waals surface area contributed by atoms with Gasteiger partial charge in [0.2, 0.25) is 5.91 Å². The number of allylic oxidation sites excluding steroid dienone is 18. The lowest BCUT2D eigenvalue weighted by Gasteiger charge is -2.30. The number of aliphatic hydroxyl groups excluding tert-OH is 1. The molecule has 0 aromatic heterocycles. The summed E-state index contributed by atoms with van der Waals surface area (Å²) in [7, 11) is 1.28. The lowest BCUT2D eigenvalue weighted by molar-refractivity contribution is -0.870. The molecule has 3 atom stereocenters. The van der Waals surface area contributed by atoms with Crippen LogP contribution >= 0.6 is 7.82 Å². The average Bonchev–Trinajstić information content (AvgIpc) is 3.28. The van der Waals surface area contributed by atoms with Crippen molar-refractivity contribution in [2.24, 2.45) is 0 Å². The predicted molar refractivity (Wildman–Crippen MR) is 283 cm³/mol. The minimum absolute atomic E-state index is 0.00392. The second-order valence-corrected chi connectivity index (χ2v) is 19.9. The Hall–Kier alpha value is -2.84. The van der Waals surface area contributed by atoms with Crippen LogP contribution < -0.4 is 10.2 Å². The second kappa shape index (κ2) is 47.2. The summed E-state index contributed by atoms with van der Waals surface area (Å²) in [4.78, 5) is 25.3. The van der Waals surface area contributed by atoms with Crippen LogP contribution in [0.1, 0.15) is 194 Å². The molecule has 0 aliphatic carbocycles. The predicted octanol–water partition coefficient (Wildman–Crippen LogP) is 15.0. The van der Waals surface area contributed by atoms with Crippen molar-refractivity contribution in [3.63, 3.8) is 0 Å². The van der Waals surface area contributed by atoms with Crippen molar-refractivity contribution < 1.29 is 32.9 Å². The van der Waals surface area contributed by atoms with Gasteiger partial charge in [0.1, 0.15) is 13.2 Å². The Morgan fingerprint density at radius 3 is 1.35 bits per heavy atom. The fraction of sp³-hybridized carbons (Fsp3) is 0.667. The summed E-state index contributed by atoms with van der Waals surface area (Å²) in [5.74, 6) is -0.184. The number of rotatable bonds is 46. The van der Waals surface area contributed by atoms with Crippen LogP contribution in [0.5, 0.6) is 0 Å². The maximum atomic E-state index is 12.9. The molecule has 1 amide bonds. The number of amides is 1. The number of phosphoric ester groups is 1. The Labute approximate surface area is 406 Å². The van der Waals surface area contributed by atoms with Gasteiger partial charge in [0.05, 0.1) is 39.9 Å². The first kappa shape index (κ1) is 63.2. The van der Waals surface area contributed by atoms with Crippen LogP contribution in [0.2, 0.25) is 0 Å². The Kier molecular flexibility index (Phi) is 45.2. The summed E-state index contributed by atoms with van der Waals surface area (Å²) in [6.07, 6.45) is 68.4. The lowest BCUT2D eigenvalue weighted by Crippen LogP contribution is -2.46. The number of likely N-dealkylation sites (N-methyl/N-ethyl adjacent to an activating group) is 1. The van der Waals surface area contributed by atoms with Crippen molar-refractivity contribution in [1.29, 1.82) is 0 Å². The summed E-state index contributed by atoms with van der Waals surface area (Å²) < 4.78 is 23.2. The van der Waals surface area contributed by atoms with Crippen LogP contribution in [0.15, 0.2) is 109 Å². The minimum Gasteiger partial charge on any atom is -0.756 e. The van der Waals surface area contributed by atoms with E-state index in [-0.39, 0.29) is 19.1 Å². The zero-order valence-corrected chi connectivity index (χ0v) is 43.7. The zero-order chi connectivity index (χ0) is 48.5. The van der Waals surface area contributed by atoms with Crippen molar-refractivity contribution >= 4 is 13.7 Å². The molecule has 0 radical (unpaired) electrons. The van der Waals surface area contributed by atoms with E-state index in [1.165, 1.54) is 57.8 Å². The first-order chi connectivity index (χ1) is 32.0. The summed E-state index contributed by atoms with van der Waals surface area (Å²) in [5, 5.41) is 13.9. The van der Waals surface area contributed by atoms with Crippen molar-refractivity contribution in [2.75, 3.05) is 40.9 Å². The van der Waals surface area contributed by atoms with Crippen LogP contribution in [-0.2, 0) is 18.4 Å². The molecule has 8 nitrogen and oxygen atoms in total. The molecule has 0 heterocycles. The van der Waals surface area contributed by atoms with Gasteiger partial charge in [-0.05, 0) is 83.5 Å². The third kappa shape index (κ3) is 49.1. The highest BCUT2D eigenvalue weighted by molar-refractivity contribution is 7.45. The van der Waals surface area contributed by atoms with Gasteiger partial charge in [-0.3, -0.25) is 9.36 Å². The molecule has 2 N–H and O–H groups in total. The number of hydrogen-bond donors (Lipinski definition) is 2. The minimum atomic E-state index is -4.57. The Morgan fingerprint density at radius 1 is 0.545 bits per heavy atom. The molecule has 0 bridgehead atoms. The second-order valence-electron chi connectivity index (χ2n) is 18.5. The third-order valence-electron chi connectivity index (χ3n) is 11.0. The van der Waals surface area contributed by atoms with Gasteiger partial charge >= 0.3 is 0 Å². The highest BCUT2D eigenvalue weighted by Gasteiger charge is 2.24. The van der Waals surface area contributed by atoms with Gasteiger partial charge < -0.3 is 28.8 Å². The number of nitrogens with zero attached hydrogens (tertiary/aromatic N) is 1. The van der Waals surface area contributed by atoms with Gasteiger partial charge in [-0.1, -0.05) is 213 Å². The summed E-state index contributed by atoms with van der Waals surface area (Å²) >= 11 is 0. The molecule has 0 fully saturated rings. The van der Waals surface area contributed by atoms with Crippen molar-refractivity contribution in [1.82, 2.24) is 5.32 Å². The molecule has 0 aliphatic rings. The summed E-state index contributed by atoms with van der Waals surface area (Å²) in [6, 6.07) is -0.812. The number of aliphatic hydroxyl groups is 1. The maximum Gasteiger partial charge on any atom is 0.268 e. The van der Waals surface area contributed by atoms with Crippen molar-refractivity contribution in [2.45, 2.75) is 206 Å². The SMILES string of the molecule is CC/C=C\C/C=C\C/C=C\C/C=C\C/C=C\C/C=C\C/C=C\C/C=C\C/C=C\CCCCCCCCCC(=O)NC(COP(=O)([O-])OCC[N+](C)(C)C)C(O)CCCCCCCCCCC. The van der Waals surface area contributed by atoms with Crippen LogP contribution in [0, 0.1) is 0 Å². The standard InChI is InChI=1S/C57H99N2O6P/c1-6-8-10-12-14-16-17-18-19-20-21-22-23-24-25-26-27-28-29-30-31-32-33-34-35-36-37-38-39-40-41-43-45-47-49-51-57(61)58-55(54-65-66(62,63)64-53-52-59(3,4)5)56(60)50-48-46-44-42-15-13-11-9-7-2/h8,10,14,16,18-19,21-22,24-25,27-28,30-31,33-34,36-37,55-56,60H,6-7,9,11-13,15,17,20,23,26,29,32,35,38-54H2,1-5H3,(H-,58,61,62,63)/b10-8-,16-14-,19-18-,22-21-,25-24-,28-27-,31-30-,34-33-,37-36-. The first-order valence-electron chi connectivity index (χ1n) is 26.2. The van der Waals surface area contributed by atoms with E-state index in [0.717, 1.165) is 109 Å². The van der Waals surface area contributed by atoms with Gasteiger partial charge in [-0.25, -0.2) is 0 Å². The first-order valence-corrected chi connectivity index (χ1v) is 27.7. The highest BCUT2D eigenvalue weighted by atomic mass is 31.2. The Balaban J connectivity index is 4.11. The lowest BCUT2D eigenvalue weighted by atomic mass is 10.0. The topological polar surface area (TPSA) is 108 Å². The van der Waals surface area contributed by atoms with Crippen molar-refractivity contribution in [3.05, 3.63) is 109 Å². The maximum absolute atomic E-state index is 12.9. The molecule has 3 unspecified atom stereocenters. The zero-order valence-electron chi connectivity index (χ0n) is 42.9. The van der Waals surface area contributed by atoms with Crippen LogP contribution in [0.4, 0.5) is 0 Å². The van der Waals surface area contributed by atoms with Gasteiger partial charge in [-0.2, -0.15) is 0 Å². The highest BCUT2D eigenvalue weighted by Crippen LogP contribution is 2.38. The summed E-state index contributed by atoms with van der Waals surface area (Å²) in [5.41, 5.74) is 0. The molecule has 0 spiro atoms. The normalized spacial score (nSPS) is 15.0. The molecular weight excluding hydrogens is 840 g/mol. The molecule has 0 rings (SSSR count). The van der Waals surface area contributed by atoms with Gasteiger partial charge in [0, 0.05) is 6.42 Å². The van der Waals surface area contributed by atoms with E-state index in [0.29, 0.717) is 23.9 Å². The number of phosphoric acid groups is 1. The molecule has 0 aromatic rings. The Morgan fingerprint density at radius 2 is 0.924 bits per heavy atom. The molecule has 0 saturated heterocycles. The monoisotopic (exact) mass is 939 g/mol. The van der Waals surface area contributed by atoms with Crippen molar-refractivity contribution in [3.8, 4) is 0 Å². The smallest absolute Gasteiger partial charge is 0.268 e. The van der Waals surface area contributed by atoms with E-state index in [9.17, 15) is 19.4 Å². The van der Waals surface area contributed by atoms with Crippen LogP contribution in [0.25, 0.3) is 0 Å². The summed E-state index contributed by atoms with van der Waals surface area (Å²) in [6.45, 7) is 4.55. The quantitative estimate of drug-likeness (QED) is 0.0272. The molecule has 0 saturated carbocycles. The number of carbonyl (C=O) groups excluding carboxylic acids is 1. The molecule has 0 aromatic carbocycles. The largest absolute Gasteiger partial charge is 0.756 e. The van der Waals surface area contributed by atoms with Gasteiger partial charge in [0.15, 0.2) is 0 Å². The molecular formula is C57H99N2O6P. The molecule has 0 aliphatic heterocycles. The number of unbranched alkanes of at least 4 members (excludes halogenated alkanes) is 15. The van der Waals surface area contributed by atoms with E-state index in [4.69, 9.17) is 9.05 Å². The third-order valence-corrected chi connectivity index (χ3v) is 12.0. The number of carbonyl (C=O) groups is 1. The number of quaternary nitrogens is 1. The van der Waals surface area contributed by atoms with Crippen LogP contribution in [-0.4, -0.2) is 68.5 Å². The van der Waals surface area contributed by atoms with Gasteiger partial charge in [0.25, 0.3) is 7.82 Å². The van der Waals surface area contributed by atoms with Gasteiger partial charge in [-0.15, -0.1) is 0 Å². The van der Waals surface area contributed by atoms with E-state index in [1.807, 2.05) is 21.1 Å². The fourth-order valence-corrected chi connectivity index (χ4v) is 7.64. The molecule has 66 heavy (non-hydrogen) atoms. The molecule has 378 valence electrons. The van der Waals surface area contributed by atoms with E-state index in [1.54, 1.807) is 0 Å². The average molecular weight is 939 g/mol. The number of nitrogens with one attached hydrogen (secondary N) is 1.